The van der Waals surface area contributed by atoms with Crippen molar-refractivity contribution in [3.8, 4) is 0 Å². The summed E-state index contributed by atoms with van der Waals surface area (Å²) in [4.78, 5) is 52.2. The number of nitrogens with zero attached hydrogens (tertiary/aromatic N) is 1. The maximum absolute atomic E-state index is 14.2. The summed E-state index contributed by atoms with van der Waals surface area (Å²) in [5.74, 6) is -4.05. The molecule has 0 aromatic heterocycles. The van der Waals surface area contributed by atoms with E-state index in [1.54, 1.807) is 36.4 Å². The van der Waals surface area contributed by atoms with Crippen molar-refractivity contribution < 1.29 is 23.9 Å². The van der Waals surface area contributed by atoms with Crippen LogP contribution >= 0.6 is 39.1 Å². The number of amides is 2. The zero-order valence-corrected chi connectivity index (χ0v) is 24.8. The van der Waals surface area contributed by atoms with Crippen molar-refractivity contribution in [1.29, 1.82) is 0 Å². The maximum atomic E-state index is 14.2. The molecule has 0 N–H and O–H groups in total. The molecule has 2 atom stereocenters. The van der Waals surface area contributed by atoms with Crippen LogP contribution in [0, 0.1) is 11.8 Å². The number of alkyl halides is 2. The van der Waals surface area contributed by atoms with Crippen LogP contribution in [0.25, 0.3) is 0 Å². The molecule has 4 aromatic rings. The fourth-order valence-electron chi connectivity index (χ4n) is 6.63. The van der Waals surface area contributed by atoms with Gasteiger partial charge >= 0.3 is 5.97 Å². The number of rotatable bonds is 5. The SMILES string of the molecule is O=C(COC(=O)c1cccc(N2C(=O)[C@@H]3[C@H](C2=O)C2(Cl)c4ccccc4C3(Cl)c3ccccc32)c1)c1ccc(Br)cc1. The lowest BCUT2D eigenvalue weighted by Gasteiger charge is -2.54. The fraction of sp³-hybridized carbons (Fsp3) is 0.152. The highest BCUT2D eigenvalue weighted by molar-refractivity contribution is 9.10. The third-order valence-electron chi connectivity index (χ3n) is 8.43. The van der Waals surface area contributed by atoms with Crippen LogP contribution in [-0.2, 0) is 24.1 Å². The summed E-state index contributed by atoms with van der Waals surface area (Å²) < 4.78 is 6.09. The highest BCUT2D eigenvalue weighted by Gasteiger charge is 2.73. The number of ketones is 1. The average molecular weight is 661 g/mol. The Balaban J connectivity index is 1.22. The van der Waals surface area contributed by atoms with Crippen LogP contribution in [0.2, 0.25) is 0 Å². The van der Waals surface area contributed by atoms with E-state index in [1.165, 1.54) is 12.1 Å². The molecular formula is C33H20BrCl2NO5. The Morgan fingerprint density at radius 3 is 1.71 bits per heavy atom. The van der Waals surface area contributed by atoms with Gasteiger partial charge < -0.3 is 4.74 Å². The van der Waals surface area contributed by atoms with Gasteiger partial charge in [0.15, 0.2) is 12.4 Å². The molecule has 208 valence electrons. The van der Waals surface area contributed by atoms with Crippen molar-refractivity contribution in [1.82, 2.24) is 0 Å². The number of imide groups is 1. The summed E-state index contributed by atoms with van der Waals surface area (Å²) in [6, 6.07) is 27.5. The standard InChI is InChI=1S/C33H20BrCl2NO5/c34-20-14-12-18(13-15-20)26(38)17-42-31(41)19-6-5-7-21(16-19)37-29(39)27-28(30(37)40)33(36)23-9-2-1-8-22(23)32(27,35)24-10-3-4-11-25(24)33/h1-16,27-28H,17H2/t27-,28+,32?,33?. The van der Waals surface area contributed by atoms with E-state index in [0.717, 1.165) is 9.37 Å². The van der Waals surface area contributed by atoms with Crippen LogP contribution in [0.15, 0.2) is 102 Å². The van der Waals surface area contributed by atoms with E-state index in [1.807, 2.05) is 48.5 Å². The minimum atomic E-state index is -1.31. The Morgan fingerprint density at radius 2 is 1.21 bits per heavy atom. The Hall–Kier alpha value is -3.78. The number of anilines is 1. The highest BCUT2D eigenvalue weighted by Crippen LogP contribution is 2.69. The van der Waals surface area contributed by atoms with Gasteiger partial charge in [-0.05, 0) is 52.6 Å². The van der Waals surface area contributed by atoms with E-state index in [9.17, 15) is 19.2 Å². The third-order valence-corrected chi connectivity index (χ3v) is 10.2. The molecule has 3 aliphatic carbocycles. The van der Waals surface area contributed by atoms with Crippen molar-refractivity contribution in [3.63, 3.8) is 0 Å². The number of esters is 1. The lowest BCUT2D eigenvalue weighted by Crippen LogP contribution is -2.57. The minimum absolute atomic E-state index is 0.0855. The number of hydrogen-bond acceptors (Lipinski definition) is 5. The van der Waals surface area contributed by atoms with Gasteiger partial charge in [-0.15, -0.1) is 23.2 Å². The van der Waals surface area contributed by atoms with Gasteiger partial charge in [-0.3, -0.25) is 14.4 Å². The number of ether oxygens (including phenoxy) is 1. The first-order valence-electron chi connectivity index (χ1n) is 13.2. The topological polar surface area (TPSA) is 80.8 Å². The van der Waals surface area contributed by atoms with Gasteiger partial charge in [0.2, 0.25) is 11.8 Å². The van der Waals surface area contributed by atoms with E-state index in [2.05, 4.69) is 15.9 Å². The van der Waals surface area contributed by atoms with Gasteiger partial charge in [-0.1, -0.05) is 82.7 Å². The number of carbonyl (C=O) groups is 4. The summed E-state index contributed by atoms with van der Waals surface area (Å²) in [6.45, 7) is -0.462. The molecule has 0 radical (unpaired) electrons. The highest BCUT2D eigenvalue weighted by atomic mass is 79.9. The van der Waals surface area contributed by atoms with Gasteiger partial charge in [0.05, 0.1) is 23.1 Å². The van der Waals surface area contributed by atoms with Gasteiger partial charge in [-0.2, -0.15) is 0 Å². The second-order valence-electron chi connectivity index (χ2n) is 10.5. The molecule has 8 rings (SSSR count). The van der Waals surface area contributed by atoms with E-state index in [-0.39, 0.29) is 17.0 Å². The average Bonchev–Trinajstić information content (AvgIpc) is 3.29. The van der Waals surface area contributed by atoms with Gasteiger partial charge in [0.25, 0.3) is 0 Å². The largest absolute Gasteiger partial charge is 0.454 e. The molecule has 0 saturated carbocycles. The van der Waals surface area contributed by atoms with Crippen molar-refractivity contribution >= 4 is 68.4 Å². The molecule has 4 aromatic carbocycles. The Kier molecular flexibility index (Phi) is 6.21. The fourth-order valence-corrected chi connectivity index (χ4v) is 7.99. The Morgan fingerprint density at radius 1 is 0.714 bits per heavy atom. The number of hydrogen-bond donors (Lipinski definition) is 0. The summed E-state index contributed by atoms with van der Waals surface area (Å²) in [7, 11) is 0. The van der Waals surface area contributed by atoms with Crippen LogP contribution < -0.4 is 4.90 Å². The molecule has 4 aliphatic rings. The molecule has 9 heteroatoms. The summed E-state index contributed by atoms with van der Waals surface area (Å²) in [5.41, 5.74) is 3.50. The lowest BCUT2D eigenvalue weighted by molar-refractivity contribution is -0.122. The lowest BCUT2D eigenvalue weighted by atomic mass is 9.54. The van der Waals surface area contributed by atoms with Gasteiger partial charge in [-0.25, -0.2) is 9.69 Å². The number of carbonyl (C=O) groups excluding carboxylic acids is 4. The van der Waals surface area contributed by atoms with Gasteiger partial charge in [0, 0.05) is 10.0 Å². The molecule has 6 nitrogen and oxygen atoms in total. The van der Waals surface area contributed by atoms with Crippen LogP contribution in [0.5, 0.6) is 0 Å². The molecule has 1 saturated heterocycles. The summed E-state index contributed by atoms with van der Waals surface area (Å²) in [6.07, 6.45) is 0. The number of halogens is 3. The predicted molar refractivity (Wildman–Crippen MR) is 161 cm³/mol. The first-order chi connectivity index (χ1) is 20.2. The monoisotopic (exact) mass is 659 g/mol. The zero-order chi connectivity index (χ0) is 29.4. The maximum Gasteiger partial charge on any atom is 0.338 e. The summed E-state index contributed by atoms with van der Waals surface area (Å²) >= 11 is 18.3. The van der Waals surface area contributed by atoms with Crippen molar-refractivity contribution in [3.05, 3.63) is 135 Å². The predicted octanol–water partition coefficient (Wildman–Crippen LogP) is 6.59. The molecule has 2 bridgehead atoms. The number of benzene rings is 4. The first kappa shape index (κ1) is 27.1. The van der Waals surface area contributed by atoms with Crippen molar-refractivity contribution in [2.45, 2.75) is 9.75 Å². The van der Waals surface area contributed by atoms with Gasteiger partial charge in [0.1, 0.15) is 9.75 Å². The normalized spacial score (nSPS) is 25.1. The zero-order valence-electron chi connectivity index (χ0n) is 21.7. The number of Topliss-reactive ketones (excluding diaryl/α,β-unsaturated/α-hetero) is 1. The third kappa shape index (κ3) is 3.63. The minimum Gasteiger partial charge on any atom is -0.454 e. The van der Waals surface area contributed by atoms with E-state index >= 15 is 0 Å². The molecule has 2 amide bonds. The quantitative estimate of drug-likeness (QED) is 0.105. The molecular weight excluding hydrogens is 641 g/mol. The van der Waals surface area contributed by atoms with Crippen molar-refractivity contribution in [2.75, 3.05) is 11.5 Å². The first-order valence-corrected chi connectivity index (χ1v) is 14.7. The molecule has 1 aliphatic heterocycles. The van der Waals surface area contributed by atoms with E-state index in [0.29, 0.717) is 27.8 Å². The van der Waals surface area contributed by atoms with E-state index < -0.39 is 46.0 Å². The molecule has 42 heavy (non-hydrogen) atoms. The molecule has 0 unspecified atom stereocenters. The van der Waals surface area contributed by atoms with Crippen molar-refractivity contribution in [2.24, 2.45) is 11.8 Å². The Labute approximate surface area is 259 Å². The van der Waals surface area contributed by atoms with Crippen LogP contribution in [0.3, 0.4) is 0 Å². The molecule has 0 spiro atoms. The molecule has 1 fully saturated rings. The Bertz CT molecular complexity index is 1720. The summed E-state index contributed by atoms with van der Waals surface area (Å²) in [5, 5.41) is 0. The molecule has 1 heterocycles. The van der Waals surface area contributed by atoms with E-state index in [4.69, 9.17) is 27.9 Å². The van der Waals surface area contributed by atoms with Crippen LogP contribution in [0.1, 0.15) is 43.0 Å². The smallest absolute Gasteiger partial charge is 0.338 e. The second-order valence-corrected chi connectivity index (χ2v) is 12.6. The second kappa shape index (κ2) is 9.63. The van der Waals surface area contributed by atoms with Crippen LogP contribution in [0.4, 0.5) is 5.69 Å². The van der Waals surface area contributed by atoms with Crippen LogP contribution in [-0.4, -0.2) is 30.2 Å².